The van der Waals surface area contributed by atoms with Gasteiger partial charge in [0.15, 0.2) is 5.82 Å². The number of nitrogens with zero attached hydrogens (tertiary/aromatic N) is 4. The molecule has 10 heteroatoms. The van der Waals surface area contributed by atoms with Gasteiger partial charge in [-0.3, -0.25) is 4.79 Å². The zero-order valence-corrected chi connectivity index (χ0v) is 21.4. The van der Waals surface area contributed by atoms with Gasteiger partial charge in [0.2, 0.25) is 0 Å². The Bertz CT molecular complexity index is 1210. The third-order valence-corrected chi connectivity index (χ3v) is 7.33. The van der Waals surface area contributed by atoms with Crippen molar-refractivity contribution in [3.63, 3.8) is 0 Å². The van der Waals surface area contributed by atoms with Crippen molar-refractivity contribution in [2.45, 2.75) is 38.8 Å². The molecule has 0 spiro atoms. The highest BCUT2D eigenvalue weighted by atomic mass is 35.5. The summed E-state index contributed by atoms with van der Waals surface area (Å²) in [6.07, 6.45) is 0.820. The Kier molecular flexibility index (Phi) is 7.61. The van der Waals surface area contributed by atoms with Crippen molar-refractivity contribution in [3.05, 3.63) is 69.7 Å². The zero-order chi connectivity index (χ0) is 26.1. The second-order valence-electron chi connectivity index (χ2n) is 9.37. The van der Waals surface area contributed by atoms with Crippen molar-refractivity contribution in [2.24, 2.45) is 5.73 Å². The number of hydrogen-bond acceptors (Lipinski definition) is 6. The van der Waals surface area contributed by atoms with E-state index in [-0.39, 0.29) is 36.4 Å². The topological polar surface area (TPSA) is 84.6 Å². The number of benzene rings is 1. The summed E-state index contributed by atoms with van der Waals surface area (Å²) in [7, 11) is 1.85. The maximum Gasteiger partial charge on any atom is 0.258 e. The first-order chi connectivity index (χ1) is 17.1. The van der Waals surface area contributed by atoms with Gasteiger partial charge >= 0.3 is 0 Å². The highest BCUT2D eigenvalue weighted by Crippen LogP contribution is 2.34. The van der Waals surface area contributed by atoms with Crippen molar-refractivity contribution in [1.82, 2.24) is 19.8 Å². The SMILES string of the molecule is C=C1CC(N(C)CCF)CC1Oc1cc(F)ccc1C(=O)N1CC(N)=C(c2nc(C)c(Cl)c(C)n2)C1. The Morgan fingerprint density at radius 2 is 2.00 bits per heavy atom. The number of halogens is 3. The summed E-state index contributed by atoms with van der Waals surface area (Å²) < 4.78 is 33.1. The molecule has 1 amide bonds. The molecule has 2 heterocycles. The molecule has 1 fully saturated rings. The number of rotatable bonds is 7. The molecule has 1 aliphatic heterocycles. The molecule has 2 aromatic rings. The molecule has 2 atom stereocenters. The fourth-order valence-electron chi connectivity index (χ4n) is 4.65. The minimum Gasteiger partial charge on any atom is -0.485 e. The first-order valence-corrected chi connectivity index (χ1v) is 12.1. The predicted molar refractivity (Wildman–Crippen MR) is 135 cm³/mol. The van der Waals surface area contributed by atoms with E-state index in [1.54, 1.807) is 18.7 Å². The van der Waals surface area contributed by atoms with Gasteiger partial charge in [0.1, 0.15) is 24.3 Å². The fraction of sp³-hybridized carbons (Fsp3) is 0.423. The maximum absolute atomic E-state index is 14.2. The van der Waals surface area contributed by atoms with Gasteiger partial charge < -0.3 is 20.3 Å². The first kappa shape index (κ1) is 26.0. The van der Waals surface area contributed by atoms with E-state index in [1.807, 2.05) is 11.9 Å². The van der Waals surface area contributed by atoms with Gasteiger partial charge in [-0.15, -0.1) is 0 Å². The van der Waals surface area contributed by atoms with E-state index >= 15 is 0 Å². The second-order valence-corrected chi connectivity index (χ2v) is 9.74. The molecular formula is C26H30ClF2N5O2. The highest BCUT2D eigenvalue weighted by molar-refractivity contribution is 6.31. The standard InChI is InChI=1S/C26H30ClF2N5O2/c1-14-9-18(33(4)8-7-28)11-22(14)36-23-10-17(29)5-6-19(23)26(35)34-12-20(21(30)13-34)25-31-15(2)24(27)16(3)32-25/h5-6,10,18,22H,1,7-9,11-13,30H2,2-4H3. The van der Waals surface area contributed by atoms with Gasteiger partial charge in [-0.05, 0) is 45.0 Å². The quantitative estimate of drug-likeness (QED) is 0.557. The van der Waals surface area contributed by atoms with Crippen LogP contribution in [0.3, 0.4) is 0 Å². The molecule has 0 radical (unpaired) electrons. The lowest BCUT2D eigenvalue weighted by molar-refractivity contribution is 0.0792. The molecular weight excluding hydrogens is 488 g/mol. The summed E-state index contributed by atoms with van der Waals surface area (Å²) in [6.45, 7) is 7.92. The summed E-state index contributed by atoms with van der Waals surface area (Å²) in [5, 5.41) is 0.489. The monoisotopic (exact) mass is 517 g/mol. The minimum atomic E-state index is -0.517. The molecule has 1 aromatic carbocycles. The fourth-order valence-corrected chi connectivity index (χ4v) is 4.74. The zero-order valence-electron chi connectivity index (χ0n) is 20.7. The Morgan fingerprint density at radius 3 is 2.67 bits per heavy atom. The predicted octanol–water partition coefficient (Wildman–Crippen LogP) is 4.08. The van der Waals surface area contributed by atoms with Crippen LogP contribution in [0.1, 0.15) is 40.4 Å². The van der Waals surface area contributed by atoms with E-state index in [0.717, 1.165) is 5.57 Å². The summed E-state index contributed by atoms with van der Waals surface area (Å²) in [6, 6.07) is 3.92. The van der Waals surface area contributed by atoms with Crippen LogP contribution in [0.2, 0.25) is 5.02 Å². The number of amides is 1. The number of nitrogens with two attached hydrogens (primary N) is 1. The van der Waals surface area contributed by atoms with E-state index in [0.29, 0.717) is 52.9 Å². The largest absolute Gasteiger partial charge is 0.485 e. The van der Waals surface area contributed by atoms with Crippen LogP contribution in [0, 0.1) is 19.7 Å². The average Bonchev–Trinajstić information content (AvgIpc) is 3.39. The summed E-state index contributed by atoms with van der Waals surface area (Å²) in [4.78, 5) is 25.9. The lowest BCUT2D eigenvalue weighted by Gasteiger charge is -2.23. The lowest BCUT2D eigenvalue weighted by Crippen LogP contribution is -2.32. The second kappa shape index (κ2) is 10.5. The smallest absolute Gasteiger partial charge is 0.258 e. The number of alkyl halides is 1. The number of hydrogen-bond donors (Lipinski definition) is 1. The Balaban J connectivity index is 1.53. The molecule has 2 unspecified atom stereocenters. The van der Waals surface area contributed by atoms with Crippen LogP contribution in [0.15, 0.2) is 36.0 Å². The van der Waals surface area contributed by atoms with Crippen LogP contribution in [0.5, 0.6) is 5.75 Å². The molecule has 36 heavy (non-hydrogen) atoms. The van der Waals surface area contributed by atoms with Gasteiger partial charge in [0, 0.05) is 36.3 Å². The van der Waals surface area contributed by atoms with Crippen molar-refractivity contribution in [3.8, 4) is 5.75 Å². The van der Waals surface area contributed by atoms with Gasteiger partial charge in [-0.25, -0.2) is 18.7 Å². The van der Waals surface area contributed by atoms with Crippen molar-refractivity contribution >= 4 is 23.1 Å². The van der Waals surface area contributed by atoms with Crippen LogP contribution in [0.4, 0.5) is 8.78 Å². The molecule has 0 saturated heterocycles. The molecule has 2 N–H and O–H groups in total. The molecule has 7 nitrogen and oxygen atoms in total. The molecule has 192 valence electrons. The summed E-state index contributed by atoms with van der Waals surface area (Å²) in [5.74, 6) is -0.290. The van der Waals surface area contributed by atoms with Crippen LogP contribution < -0.4 is 10.5 Å². The number of ether oxygens (including phenoxy) is 1. The van der Waals surface area contributed by atoms with E-state index in [2.05, 4.69) is 16.5 Å². The molecule has 1 aliphatic carbocycles. The van der Waals surface area contributed by atoms with Crippen molar-refractivity contribution in [1.29, 1.82) is 0 Å². The van der Waals surface area contributed by atoms with Gasteiger partial charge in [-0.1, -0.05) is 18.2 Å². The van der Waals surface area contributed by atoms with Crippen LogP contribution in [-0.2, 0) is 0 Å². The van der Waals surface area contributed by atoms with E-state index in [1.165, 1.54) is 18.2 Å². The normalized spacial score (nSPS) is 20.1. The van der Waals surface area contributed by atoms with E-state index in [9.17, 15) is 13.6 Å². The number of aryl methyl sites for hydroxylation is 2. The Morgan fingerprint density at radius 1 is 1.31 bits per heavy atom. The average molecular weight is 518 g/mol. The Labute approximate surface area is 214 Å². The van der Waals surface area contributed by atoms with Crippen molar-refractivity contribution < 1.29 is 18.3 Å². The number of carbonyl (C=O) groups is 1. The molecule has 1 aromatic heterocycles. The number of carbonyl (C=O) groups excluding carboxylic acids is 1. The summed E-state index contributed by atoms with van der Waals surface area (Å²) >= 11 is 6.20. The van der Waals surface area contributed by atoms with Crippen LogP contribution in [-0.4, -0.2) is 71.2 Å². The molecule has 1 saturated carbocycles. The van der Waals surface area contributed by atoms with Crippen LogP contribution in [0.25, 0.3) is 5.57 Å². The van der Waals surface area contributed by atoms with Gasteiger partial charge in [0.25, 0.3) is 5.91 Å². The first-order valence-electron chi connectivity index (χ1n) is 11.8. The lowest BCUT2D eigenvalue weighted by atomic mass is 10.1. The van der Waals surface area contributed by atoms with E-state index in [4.69, 9.17) is 22.1 Å². The highest BCUT2D eigenvalue weighted by Gasteiger charge is 2.34. The molecule has 2 aliphatic rings. The van der Waals surface area contributed by atoms with Gasteiger partial charge in [-0.2, -0.15) is 0 Å². The minimum absolute atomic E-state index is 0.0717. The van der Waals surface area contributed by atoms with Crippen LogP contribution >= 0.6 is 11.6 Å². The Hall–Kier alpha value is -3.04. The van der Waals surface area contributed by atoms with Crippen molar-refractivity contribution in [2.75, 3.05) is 33.4 Å². The molecule has 0 bridgehead atoms. The van der Waals surface area contributed by atoms with E-state index < -0.39 is 18.6 Å². The third-order valence-electron chi connectivity index (χ3n) is 6.78. The third kappa shape index (κ3) is 5.22. The molecule has 4 rings (SSSR count). The summed E-state index contributed by atoms with van der Waals surface area (Å²) in [5.41, 5.74) is 9.72. The maximum atomic E-state index is 14.2. The van der Waals surface area contributed by atoms with Gasteiger partial charge in [0.05, 0.1) is 35.1 Å². The number of aromatic nitrogens is 2.